The van der Waals surface area contributed by atoms with Crippen LogP contribution in [-0.2, 0) is 9.53 Å². The van der Waals surface area contributed by atoms with Gasteiger partial charge in [-0.25, -0.2) is 4.79 Å². The molecule has 25 heavy (non-hydrogen) atoms. The van der Waals surface area contributed by atoms with Crippen LogP contribution in [0.1, 0.15) is 39.5 Å². The predicted octanol–water partition coefficient (Wildman–Crippen LogP) is 4.02. The zero-order valence-corrected chi connectivity index (χ0v) is 15.5. The summed E-state index contributed by atoms with van der Waals surface area (Å²) in [6, 6.07) is 4.60. The van der Waals surface area contributed by atoms with E-state index in [0.717, 1.165) is 6.42 Å². The van der Waals surface area contributed by atoms with Crippen LogP contribution in [0.25, 0.3) is 0 Å². The first-order valence-electron chi connectivity index (χ1n) is 8.69. The molecule has 1 fully saturated rings. The highest BCUT2D eigenvalue weighted by molar-refractivity contribution is 6.34. The number of hydrogen-bond acceptors (Lipinski definition) is 3. The van der Waals surface area contributed by atoms with E-state index in [1.807, 2.05) is 0 Å². The monoisotopic (exact) mass is 367 g/mol. The Morgan fingerprint density at radius 3 is 2.68 bits per heavy atom. The lowest BCUT2D eigenvalue weighted by Crippen LogP contribution is -2.34. The number of carbonyl (C=O) groups excluding carboxylic acids is 2. The largest absolute Gasteiger partial charge is 0.376 e. The van der Waals surface area contributed by atoms with Crippen molar-refractivity contribution in [1.82, 2.24) is 5.32 Å². The normalized spacial score (nSPS) is 20.0. The lowest BCUT2D eigenvalue weighted by atomic mass is 9.88. The minimum Gasteiger partial charge on any atom is -0.376 e. The highest BCUT2D eigenvalue weighted by Gasteiger charge is 2.21. The van der Waals surface area contributed by atoms with Crippen molar-refractivity contribution in [3.05, 3.63) is 23.2 Å². The van der Waals surface area contributed by atoms with E-state index in [2.05, 4.69) is 22.9 Å². The van der Waals surface area contributed by atoms with Crippen LogP contribution in [0, 0.1) is 5.92 Å². The molecule has 1 aliphatic rings. The maximum atomic E-state index is 11.9. The number of nitrogens with one attached hydrogen (secondary N) is 3. The molecule has 0 aliphatic heterocycles. The Bertz CT molecular complexity index is 609. The van der Waals surface area contributed by atoms with Gasteiger partial charge in [0.05, 0.1) is 23.4 Å². The third-order valence-corrected chi connectivity index (χ3v) is 4.60. The second-order valence-electron chi connectivity index (χ2n) is 6.43. The first-order valence-corrected chi connectivity index (χ1v) is 9.07. The summed E-state index contributed by atoms with van der Waals surface area (Å²) in [4.78, 5) is 23.0. The topological polar surface area (TPSA) is 79.5 Å². The zero-order chi connectivity index (χ0) is 18.2. The molecule has 138 valence electrons. The summed E-state index contributed by atoms with van der Waals surface area (Å²) in [5.74, 6) is 0.388. The molecule has 1 saturated carbocycles. The van der Waals surface area contributed by atoms with Gasteiger partial charge in [0.15, 0.2) is 0 Å². The Balaban J connectivity index is 1.71. The number of hydrogen-bond donors (Lipinski definition) is 3. The van der Waals surface area contributed by atoms with E-state index in [0.29, 0.717) is 41.6 Å². The standard InChI is InChI=1S/C18H26ClN3O3/c1-12-5-3-4-6-17(12)25-10-9-20-18(24)22-14-7-8-16(15(19)11-14)21-13(2)23/h7-8,11-12,17H,3-6,9-10H2,1-2H3,(H,21,23)(H2,20,22,24)/t12-,17-/m0/s1. The molecule has 7 heteroatoms. The van der Waals surface area contributed by atoms with E-state index >= 15 is 0 Å². The van der Waals surface area contributed by atoms with Crippen LogP contribution in [0.4, 0.5) is 16.2 Å². The summed E-state index contributed by atoms with van der Waals surface area (Å²) in [7, 11) is 0. The van der Waals surface area contributed by atoms with Gasteiger partial charge in [0.1, 0.15) is 0 Å². The number of amides is 3. The first-order chi connectivity index (χ1) is 12.0. The van der Waals surface area contributed by atoms with E-state index in [4.69, 9.17) is 16.3 Å². The third kappa shape index (κ3) is 6.55. The fraction of sp³-hybridized carbons (Fsp3) is 0.556. The fourth-order valence-corrected chi connectivity index (χ4v) is 3.19. The zero-order valence-electron chi connectivity index (χ0n) is 14.7. The summed E-state index contributed by atoms with van der Waals surface area (Å²) >= 11 is 6.08. The molecule has 2 rings (SSSR count). The minimum atomic E-state index is -0.316. The van der Waals surface area contributed by atoms with Crippen LogP contribution < -0.4 is 16.0 Å². The summed E-state index contributed by atoms with van der Waals surface area (Å²) in [6.07, 6.45) is 5.13. The van der Waals surface area contributed by atoms with Crippen molar-refractivity contribution in [2.75, 3.05) is 23.8 Å². The van der Waals surface area contributed by atoms with Crippen molar-refractivity contribution >= 4 is 34.9 Å². The Morgan fingerprint density at radius 1 is 1.24 bits per heavy atom. The van der Waals surface area contributed by atoms with Gasteiger partial charge in [-0.05, 0) is 37.0 Å². The summed E-state index contributed by atoms with van der Waals surface area (Å²) in [5, 5.41) is 8.45. The average Bonchev–Trinajstić information content (AvgIpc) is 2.55. The van der Waals surface area contributed by atoms with Crippen LogP contribution in [-0.4, -0.2) is 31.2 Å². The molecule has 0 spiro atoms. The molecule has 0 bridgehead atoms. The van der Waals surface area contributed by atoms with Crippen molar-refractivity contribution in [3.8, 4) is 0 Å². The van der Waals surface area contributed by atoms with Gasteiger partial charge in [0, 0.05) is 19.2 Å². The van der Waals surface area contributed by atoms with Gasteiger partial charge in [-0.2, -0.15) is 0 Å². The van der Waals surface area contributed by atoms with E-state index in [1.165, 1.54) is 26.2 Å². The molecular formula is C18H26ClN3O3. The van der Waals surface area contributed by atoms with E-state index < -0.39 is 0 Å². The quantitative estimate of drug-likeness (QED) is 0.664. The molecule has 1 aliphatic carbocycles. The molecule has 1 aromatic rings. The van der Waals surface area contributed by atoms with Crippen LogP contribution >= 0.6 is 11.6 Å². The molecule has 0 radical (unpaired) electrons. The second kappa shape index (κ2) is 9.63. The minimum absolute atomic E-state index is 0.201. The van der Waals surface area contributed by atoms with Crippen molar-refractivity contribution in [2.24, 2.45) is 5.92 Å². The molecule has 0 saturated heterocycles. The average molecular weight is 368 g/mol. The van der Waals surface area contributed by atoms with Crippen LogP contribution in [0.5, 0.6) is 0 Å². The Hall–Kier alpha value is -1.79. The molecular weight excluding hydrogens is 342 g/mol. The molecule has 2 atom stereocenters. The summed E-state index contributed by atoms with van der Waals surface area (Å²) in [5.41, 5.74) is 1.06. The summed E-state index contributed by atoms with van der Waals surface area (Å²) in [6.45, 7) is 4.59. The van der Waals surface area contributed by atoms with E-state index in [1.54, 1.807) is 18.2 Å². The van der Waals surface area contributed by atoms with Crippen molar-refractivity contribution in [2.45, 2.75) is 45.6 Å². The van der Waals surface area contributed by atoms with Crippen molar-refractivity contribution in [3.63, 3.8) is 0 Å². The number of ether oxygens (including phenoxy) is 1. The molecule has 0 aromatic heterocycles. The number of halogens is 1. The van der Waals surface area contributed by atoms with Gasteiger partial charge in [-0.1, -0.05) is 31.4 Å². The third-order valence-electron chi connectivity index (χ3n) is 4.29. The number of rotatable bonds is 6. The fourth-order valence-electron chi connectivity index (χ4n) is 2.96. The Kier molecular flexibility index (Phi) is 7.52. The maximum Gasteiger partial charge on any atom is 0.319 e. The molecule has 3 amide bonds. The molecule has 3 N–H and O–H groups in total. The van der Waals surface area contributed by atoms with E-state index in [-0.39, 0.29) is 11.9 Å². The maximum absolute atomic E-state index is 11.9. The second-order valence-corrected chi connectivity index (χ2v) is 6.83. The lowest BCUT2D eigenvalue weighted by Gasteiger charge is -2.28. The van der Waals surface area contributed by atoms with Gasteiger partial charge in [0.25, 0.3) is 0 Å². The van der Waals surface area contributed by atoms with Crippen molar-refractivity contribution in [1.29, 1.82) is 0 Å². The first kappa shape index (κ1) is 19.5. The van der Waals surface area contributed by atoms with Gasteiger partial charge >= 0.3 is 6.03 Å². The Morgan fingerprint density at radius 2 is 2.00 bits per heavy atom. The predicted molar refractivity (Wildman–Crippen MR) is 100 cm³/mol. The van der Waals surface area contributed by atoms with Gasteiger partial charge in [-0.3, -0.25) is 4.79 Å². The SMILES string of the molecule is CC(=O)Nc1ccc(NC(=O)NCCO[C@H]2CCCC[C@@H]2C)cc1Cl. The van der Waals surface area contributed by atoms with Crippen molar-refractivity contribution < 1.29 is 14.3 Å². The molecule has 0 unspecified atom stereocenters. The van der Waals surface area contributed by atoms with Gasteiger partial charge in [0.2, 0.25) is 5.91 Å². The van der Waals surface area contributed by atoms with Crippen LogP contribution in [0.15, 0.2) is 18.2 Å². The van der Waals surface area contributed by atoms with E-state index in [9.17, 15) is 9.59 Å². The highest BCUT2D eigenvalue weighted by atomic mass is 35.5. The smallest absolute Gasteiger partial charge is 0.319 e. The Labute approximate surface area is 153 Å². The van der Waals surface area contributed by atoms with Gasteiger partial charge < -0.3 is 20.7 Å². The number of carbonyl (C=O) groups is 2. The lowest BCUT2D eigenvalue weighted by molar-refractivity contribution is -0.114. The van der Waals surface area contributed by atoms with Gasteiger partial charge in [-0.15, -0.1) is 0 Å². The molecule has 1 aromatic carbocycles. The number of anilines is 2. The molecule has 0 heterocycles. The number of benzene rings is 1. The number of urea groups is 1. The van der Waals surface area contributed by atoms with Crippen LogP contribution in [0.2, 0.25) is 5.02 Å². The summed E-state index contributed by atoms with van der Waals surface area (Å²) < 4.78 is 5.86. The molecule has 6 nitrogen and oxygen atoms in total. The van der Waals surface area contributed by atoms with Crippen LogP contribution in [0.3, 0.4) is 0 Å². The highest BCUT2D eigenvalue weighted by Crippen LogP contribution is 2.26.